The van der Waals surface area contributed by atoms with E-state index < -0.39 is 0 Å². The van der Waals surface area contributed by atoms with Crippen LogP contribution in [0.3, 0.4) is 0 Å². The van der Waals surface area contributed by atoms with E-state index in [-0.39, 0.29) is 5.63 Å². The van der Waals surface area contributed by atoms with Gasteiger partial charge in [0.2, 0.25) is 0 Å². The standard InChI is InChI=1S/C19H19NO4/c1-22-17-9-8-13(10-18(17)23-2)11-20-12-15-14-6-4-3-5-7-16(14)24-19(15)21/h3-10,20H,11-12H2,1-2H3. The van der Waals surface area contributed by atoms with E-state index >= 15 is 0 Å². The number of ether oxygens (including phenoxy) is 2. The van der Waals surface area contributed by atoms with Crippen LogP contribution in [-0.4, -0.2) is 14.2 Å². The van der Waals surface area contributed by atoms with Crippen molar-refractivity contribution in [1.82, 2.24) is 5.32 Å². The molecule has 0 amide bonds. The highest BCUT2D eigenvalue weighted by Crippen LogP contribution is 2.27. The molecular formula is C19H19NO4. The van der Waals surface area contributed by atoms with Gasteiger partial charge in [-0.3, -0.25) is 0 Å². The lowest BCUT2D eigenvalue weighted by atomic mass is 10.1. The fraction of sp³-hybridized carbons (Fsp3) is 0.211. The Labute approximate surface area is 140 Å². The minimum absolute atomic E-state index is 0.295. The predicted molar refractivity (Wildman–Crippen MR) is 91.7 cm³/mol. The van der Waals surface area contributed by atoms with Gasteiger partial charge in [0.05, 0.1) is 19.8 Å². The van der Waals surface area contributed by atoms with Gasteiger partial charge in [-0.05, 0) is 23.8 Å². The minimum Gasteiger partial charge on any atom is -0.493 e. The van der Waals surface area contributed by atoms with Crippen LogP contribution in [0, 0.1) is 0 Å². The first-order valence-corrected chi connectivity index (χ1v) is 7.65. The molecule has 1 heterocycles. The molecule has 1 aromatic carbocycles. The average Bonchev–Trinajstić information content (AvgIpc) is 2.76. The Morgan fingerprint density at radius 3 is 2.54 bits per heavy atom. The van der Waals surface area contributed by atoms with Crippen molar-refractivity contribution in [3.8, 4) is 22.8 Å². The van der Waals surface area contributed by atoms with Gasteiger partial charge in [-0.1, -0.05) is 30.3 Å². The number of hydrogen-bond donors (Lipinski definition) is 1. The molecule has 2 aliphatic rings. The third-order valence-electron chi connectivity index (χ3n) is 3.85. The molecule has 0 atom stereocenters. The Bertz CT molecular complexity index is 856. The molecule has 0 bridgehead atoms. The van der Waals surface area contributed by atoms with Gasteiger partial charge < -0.3 is 19.2 Å². The summed E-state index contributed by atoms with van der Waals surface area (Å²) < 4.78 is 15.8. The van der Waals surface area contributed by atoms with Crippen LogP contribution in [0.25, 0.3) is 11.3 Å². The molecule has 24 heavy (non-hydrogen) atoms. The second kappa shape index (κ2) is 7.19. The second-order valence-corrected chi connectivity index (χ2v) is 5.35. The molecule has 5 heteroatoms. The summed E-state index contributed by atoms with van der Waals surface area (Å²) in [5.41, 5.74) is 2.22. The molecule has 0 spiro atoms. The maximum atomic E-state index is 12.0. The highest BCUT2D eigenvalue weighted by atomic mass is 16.5. The van der Waals surface area contributed by atoms with Crippen LogP contribution in [-0.2, 0) is 13.1 Å². The van der Waals surface area contributed by atoms with Crippen molar-refractivity contribution < 1.29 is 13.9 Å². The lowest BCUT2D eigenvalue weighted by molar-refractivity contribution is 0.354. The van der Waals surface area contributed by atoms with Crippen molar-refractivity contribution in [3.05, 3.63) is 70.1 Å². The highest BCUT2D eigenvalue weighted by molar-refractivity contribution is 5.62. The molecule has 124 valence electrons. The largest absolute Gasteiger partial charge is 0.493 e. The number of methoxy groups -OCH3 is 2. The van der Waals surface area contributed by atoms with Gasteiger partial charge in [0.25, 0.3) is 0 Å². The Morgan fingerprint density at radius 1 is 0.958 bits per heavy atom. The average molecular weight is 325 g/mol. The molecule has 0 saturated carbocycles. The normalized spacial score (nSPS) is 10.8. The predicted octanol–water partition coefficient (Wildman–Crippen LogP) is 3.05. The summed E-state index contributed by atoms with van der Waals surface area (Å²) in [7, 11) is 3.21. The van der Waals surface area contributed by atoms with Crippen LogP contribution in [0.15, 0.2) is 57.7 Å². The molecule has 0 fully saturated rings. The van der Waals surface area contributed by atoms with E-state index in [1.807, 2.05) is 42.5 Å². The van der Waals surface area contributed by atoms with Gasteiger partial charge in [-0.2, -0.15) is 0 Å². The van der Waals surface area contributed by atoms with Gasteiger partial charge in [-0.15, -0.1) is 0 Å². The van der Waals surface area contributed by atoms with Gasteiger partial charge >= 0.3 is 5.63 Å². The van der Waals surface area contributed by atoms with E-state index in [1.54, 1.807) is 20.3 Å². The summed E-state index contributed by atoms with van der Waals surface area (Å²) in [6.07, 6.45) is 0. The molecule has 5 nitrogen and oxygen atoms in total. The Kier molecular flexibility index (Phi) is 4.82. The third-order valence-corrected chi connectivity index (χ3v) is 3.85. The fourth-order valence-corrected chi connectivity index (χ4v) is 2.63. The van der Waals surface area contributed by atoms with E-state index in [2.05, 4.69) is 5.32 Å². The Balaban J connectivity index is 1.72. The molecule has 0 saturated heterocycles. The maximum Gasteiger partial charge on any atom is 0.341 e. The topological polar surface area (TPSA) is 60.7 Å². The van der Waals surface area contributed by atoms with Crippen LogP contribution in [0.5, 0.6) is 11.5 Å². The van der Waals surface area contributed by atoms with E-state index in [4.69, 9.17) is 13.9 Å². The van der Waals surface area contributed by atoms with Gasteiger partial charge in [0, 0.05) is 18.7 Å². The smallest absolute Gasteiger partial charge is 0.341 e. The molecule has 1 aliphatic heterocycles. The quantitative estimate of drug-likeness (QED) is 0.755. The third kappa shape index (κ3) is 3.26. The van der Waals surface area contributed by atoms with Gasteiger partial charge in [-0.25, -0.2) is 4.79 Å². The monoisotopic (exact) mass is 325 g/mol. The summed E-state index contributed by atoms with van der Waals surface area (Å²) in [5.74, 6) is 1.98. The van der Waals surface area contributed by atoms with Crippen molar-refractivity contribution in [3.63, 3.8) is 0 Å². The van der Waals surface area contributed by atoms with Crippen LogP contribution < -0.4 is 20.4 Å². The summed E-state index contributed by atoms with van der Waals surface area (Å²) >= 11 is 0. The summed E-state index contributed by atoms with van der Waals surface area (Å²) in [6.45, 7) is 1.04. The van der Waals surface area contributed by atoms with Crippen LogP contribution in [0.1, 0.15) is 11.1 Å². The minimum atomic E-state index is -0.295. The molecular weight excluding hydrogens is 306 g/mol. The number of fused-ring (bicyclic) bond motifs is 1. The van der Waals surface area contributed by atoms with E-state index in [9.17, 15) is 4.79 Å². The molecule has 3 rings (SSSR count). The van der Waals surface area contributed by atoms with Crippen molar-refractivity contribution >= 4 is 0 Å². The van der Waals surface area contributed by atoms with Crippen molar-refractivity contribution in [2.45, 2.75) is 13.1 Å². The summed E-state index contributed by atoms with van der Waals surface area (Å²) in [5, 5.41) is 3.28. The number of benzene rings is 1. The number of furan rings is 1. The summed E-state index contributed by atoms with van der Waals surface area (Å²) in [6, 6.07) is 15.1. The molecule has 1 N–H and O–H groups in total. The molecule has 0 aromatic heterocycles. The van der Waals surface area contributed by atoms with Crippen LogP contribution in [0.4, 0.5) is 0 Å². The molecule has 0 unspecified atom stereocenters. The van der Waals surface area contributed by atoms with Crippen molar-refractivity contribution in [1.29, 1.82) is 0 Å². The number of rotatable bonds is 6. The van der Waals surface area contributed by atoms with E-state index in [0.717, 1.165) is 11.1 Å². The van der Waals surface area contributed by atoms with E-state index in [0.29, 0.717) is 35.9 Å². The zero-order chi connectivity index (χ0) is 16.9. The lowest BCUT2D eigenvalue weighted by Gasteiger charge is -2.10. The van der Waals surface area contributed by atoms with Gasteiger partial charge in [0.15, 0.2) is 11.5 Å². The molecule has 1 aliphatic carbocycles. The maximum absolute atomic E-state index is 12.0. The first-order valence-electron chi connectivity index (χ1n) is 7.65. The highest BCUT2D eigenvalue weighted by Gasteiger charge is 2.15. The molecule has 1 aromatic rings. The zero-order valence-electron chi connectivity index (χ0n) is 13.7. The van der Waals surface area contributed by atoms with Crippen LogP contribution in [0.2, 0.25) is 0 Å². The first kappa shape index (κ1) is 16.1. The van der Waals surface area contributed by atoms with Crippen LogP contribution >= 0.6 is 0 Å². The fourth-order valence-electron chi connectivity index (χ4n) is 2.63. The number of nitrogens with one attached hydrogen (secondary N) is 1. The van der Waals surface area contributed by atoms with Crippen molar-refractivity contribution in [2.24, 2.45) is 0 Å². The SMILES string of the molecule is COc1ccc(CNCc2c3cccccc-3oc2=O)cc1OC. The molecule has 0 radical (unpaired) electrons. The first-order chi connectivity index (χ1) is 11.7. The zero-order valence-corrected chi connectivity index (χ0v) is 13.7. The lowest BCUT2D eigenvalue weighted by Crippen LogP contribution is -2.17. The summed E-state index contributed by atoms with van der Waals surface area (Å²) in [4.78, 5) is 12.0. The number of hydrogen-bond acceptors (Lipinski definition) is 5. The van der Waals surface area contributed by atoms with Gasteiger partial charge in [0.1, 0.15) is 5.76 Å². The van der Waals surface area contributed by atoms with Crippen molar-refractivity contribution in [2.75, 3.05) is 14.2 Å². The Morgan fingerprint density at radius 2 is 1.75 bits per heavy atom. The second-order valence-electron chi connectivity index (χ2n) is 5.35. The van der Waals surface area contributed by atoms with E-state index in [1.165, 1.54) is 0 Å². The Hall–Kier alpha value is -2.79.